The minimum atomic E-state index is -4.32. The number of carbonyl (C=O) groups excluding carboxylic acids is 1. The van der Waals surface area contributed by atoms with E-state index < -0.39 is 19.5 Å². The third kappa shape index (κ3) is 7.09. The van der Waals surface area contributed by atoms with Crippen LogP contribution in [0.3, 0.4) is 0 Å². The second-order valence-corrected chi connectivity index (χ2v) is 9.27. The van der Waals surface area contributed by atoms with Crippen LogP contribution in [0.1, 0.15) is 15.9 Å². The fourth-order valence-corrected chi connectivity index (χ4v) is 4.36. The van der Waals surface area contributed by atoms with Gasteiger partial charge < -0.3 is 14.0 Å². The van der Waals surface area contributed by atoms with Gasteiger partial charge in [0.15, 0.2) is 5.78 Å². The molecule has 4 aromatic carbocycles. The quantitative estimate of drug-likeness (QED) is 0.229. The summed E-state index contributed by atoms with van der Waals surface area (Å²) in [4.78, 5) is 24.8. The predicted molar refractivity (Wildman–Crippen MR) is 125 cm³/mol. The average Bonchev–Trinajstić information content (AvgIpc) is 2.84. The topological polar surface area (TPSA) is 66.4 Å². The van der Waals surface area contributed by atoms with Crippen molar-refractivity contribution in [2.24, 2.45) is 0 Å². The van der Waals surface area contributed by atoms with Gasteiger partial charge in [0.25, 0.3) is 0 Å². The maximum atomic E-state index is 12.5. The third-order valence-corrected chi connectivity index (χ3v) is 6.34. The number of hydrogen-bond donors (Lipinski definition) is 0. The van der Waals surface area contributed by atoms with Gasteiger partial charge in [0.1, 0.15) is 7.60 Å². The Morgan fingerprint density at radius 2 is 1.09 bits per heavy atom. The first-order valence-electron chi connectivity index (χ1n) is 10.3. The molecule has 4 rings (SSSR count). The Bertz CT molecular complexity index is 1220. The molecule has 4 nitrogen and oxygen atoms in total. The van der Waals surface area contributed by atoms with E-state index in [-0.39, 0.29) is 36.2 Å². The van der Waals surface area contributed by atoms with E-state index in [1.54, 1.807) is 12.1 Å². The molecule has 0 aromatic heterocycles. The van der Waals surface area contributed by atoms with Crippen LogP contribution in [0.4, 0.5) is 0 Å². The van der Waals surface area contributed by atoms with Crippen LogP contribution in [0.2, 0.25) is 0 Å². The first kappa shape index (κ1) is 25.3. The fraction of sp³-hybridized carbons (Fsp3) is 0.0741. The summed E-state index contributed by atoms with van der Waals surface area (Å²) in [6, 6.07) is 34.1. The van der Waals surface area contributed by atoms with Crippen molar-refractivity contribution < 1.29 is 48.3 Å². The minimum absolute atomic E-state index is 0. The van der Waals surface area contributed by atoms with Gasteiger partial charge >= 0.3 is 29.6 Å². The molecular weight excluding hydrogens is 442 g/mol. The SMILES string of the molecule is O=C(CP(=O)([O-])OCc1ccc(-c2ccccc2)cc1)c1ccc(-c2ccccc2)cc1.[Na+]. The van der Waals surface area contributed by atoms with E-state index in [2.05, 4.69) is 0 Å². The summed E-state index contributed by atoms with van der Waals surface area (Å²) in [5.74, 6) is -0.484. The van der Waals surface area contributed by atoms with E-state index in [9.17, 15) is 14.3 Å². The Morgan fingerprint density at radius 3 is 1.58 bits per heavy atom. The van der Waals surface area contributed by atoms with Gasteiger partial charge in [-0.2, -0.15) is 0 Å². The van der Waals surface area contributed by atoms with Crippen LogP contribution in [0.5, 0.6) is 0 Å². The maximum Gasteiger partial charge on any atom is 1.00 e. The van der Waals surface area contributed by atoms with Crippen molar-refractivity contribution in [2.75, 3.05) is 6.16 Å². The molecule has 0 aliphatic heterocycles. The van der Waals surface area contributed by atoms with Crippen molar-refractivity contribution in [3.05, 3.63) is 120 Å². The molecular formula is C27H22NaO4P. The molecule has 0 aliphatic carbocycles. The van der Waals surface area contributed by atoms with Crippen molar-refractivity contribution in [1.29, 1.82) is 0 Å². The van der Waals surface area contributed by atoms with Gasteiger partial charge in [0.05, 0.1) is 12.8 Å². The fourth-order valence-electron chi connectivity index (χ4n) is 3.39. The molecule has 33 heavy (non-hydrogen) atoms. The number of rotatable bonds is 8. The van der Waals surface area contributed by atoms with E-state index in [1.807, 2.05) is 97.1 Å². The van der Waals surface area contributed by atoms with Gasteiger partial charge in [-0.15, -0.1) is 0 Å². The Labute approximate surface area is 216 Å². The zero-order valence-corrected chi connectivity index (χ0v) is 21.3. The van der Waals surface area contributed by atoms with Crippen molar-refractivity contribution in [1.82, 2.24) is 0 Å². The smallest absolute Gasteiger partial charge is 0.778 e. The summed E-state index contributed by atoms with van der Waals surface area (Å²) >= 11 is 0. The molecule has 0 radical (unpaired) electrons. The number of hydrogen-bond acceptors (Lipinski definition) is 4. The minimum Gasteiger partial charge on any atom is -0.778 e. The van der Waals surface area contributed by atoms with Crippen molar-refractivity contribution in [3.8, 4) is 22.3 Å². The van der Waals surface area contributed by atoms with Gasteiger partial charge in [-0.1, -0.05) is 109 Å². The summed E-state index contributed by atoms with van der Waals surface area (Å²) in [6.45, 7) is -0.101. The van der Waals surface area contributed by atoms with E-state index in [4.69, 9.17) is 4.52 Å². The van der Waals surface area contributed by atoms with E-state index >= 15 is 0 Å². The Kier molecular flexibility index (Phi) is 8.99. The molecule has 0 saturated carbocycles. The molecule has 0 saturated heterocycles. The van der Waals surface area contributed by atoms with Crippen LogP contribution in [-0.2, 0) is 15.7 Å². The average molecular weight is 464 g/mol. The summed E-state index contributed by atoms with van der Waals surface area (Å²) in [5, 5.41) is 0. The maximum absolute atomic E-state index is 12.5. The molecule has 0 bridgehead atoms. The largest absolute Gasteiger partial charge is 1.00 e. The zero-order valence-electron chi connectivity index (χ0n) is 18.4. The molecule has 4 aromatic rings. The monoisotopic (exact) mass is 464 g/mol. The first-order valence-corrected chi connectivity index (χ1v) is 12.0. The molecule has 0 N–H and O–H groups in total. The number of ketones is 1. The summed E-state index contributed by atoms with van der Waals surface area (Å²) in [7, 11) is -4.32. The first-order chi connectivity index (χ1) is 15.5. The standard InChI is InChI=1S/C27H23O4P.Na/c28-27(26-17-15-25(16-18-26)23-9-5-2-6-10-23)20-32(29,30)31-19-21-11-13-24(14-12-21)22-7-3-1-4-8-22;/h1-18H,19-20H2,(H,29,30);/q;+1/p-1. The van der Waals surface area contributed by atoms with Gasteiger partial charge in [-0.05, 0) is 27.8 Å². The van der Waals surface area contributed by atoms with Gasteiger partial charge in [-0.25, -0.2) is 0 Å². The molecule has 1 unspecified atom stereocenters. The van der Waals surface area contributed by atoms with Crippen LogP contribution < -0.4 is 34.5 Å². The van der Waals surface area contributed by atoms with Gasteiger partial charge in [-0.3, -0.25) is 4.79 Å². The van der Waals surface area contributed by atoms with Crippen molar-refractivity contribution >= 4 is 13.4 Å². The van der Waals surface area contributed by atoms with E-state index in [0.29, 0.717) is 5.56 Å². The molecule has 0 spiro atoms. The van der Waals surface area contributed by atoms with Gasteiger partial charge in [0, 0.05) is 5.56 Å². The predicted octanol–water partition coefficient (Wildman–Crippen LogP) is 2.98. The Morgan fingerprint density at radius 1 is 0.667 bits per heavy atom. The molecule has 0 amide bonds. The third-order valence-electron chi connectivity index (χ3n) is 5.14. The second-order valence-electron chi connectivity index (χ2n) is 7.47. The number of Topliss-reactive ketones (excluding diaryl/α,β-unsaturated/α-hetero) is 1. The van der Waals surface area contributed by atoms with E-state index in [1.165, 1.54) is 0 Å². The molecule has 1 atom stereocenters. The molecule has 0 fully saturated rings. The number of carbonyl (C=O) groups is 1. The summed E-state index contributed by atoms with van der Waals surface area (Å²) < 4.78 is 17.5. The summed E-state index contributed by atoms with van der Waals surface area (Å²) in [6.07, 6.45) is -0.667. The molecule has 0 heterocycles. The van der Waals surface area contributed by atoms with Crippen LogP contribution in [0.15, 0.2) is 109 Å². The second kappa shape index (κ2) is 11.7. The Hall–Kier alpha value is -2.30. The molecule has 0 aliphatic rings. The zero-order chi connectivity index (χ0) is 22.4. The van der Waals surface area contributed by atoms with Gasteiger partial charge in [0.2, 0.25) is 0 Å². The Balaban J connectivity index is 0.00000306. The van der Waals surface area contributed by atoms with Crippen molar-refractivity contribution in [3.63, 3.8) is 0 Å². The molecule has 6 heteroatoms. The summed E-state index contributed by atoms with van der Waals surface area (Å²) in [5.41, 5.74) is 5.18. The van der Waals surface area contributed by atoms with Crippen LogP contribution in [-0.4, -0.2) is 11.9 Å². The number of benzene rings is 4. The van der Waals surface area contributed by atoms with E-state index in [0.717, 1.165) is 27.8 Å². The normalized spacial score (nSPS) is 12.4. The molecule has 160 valence electrons. The van der Waals surface area contributed by atoms with Crippen LogP contribution in [0.25, 0.3) is 22.3 Å². The van der Waals surface area contributed by atoms with Crippen molar-refractivity contribution in [2.45, 2.75) is 6.61 Å². The van der Waals surface area contributed by atoms with Crippen LogP contribution in [0, 0.1) is 0 Å². The van der Waals surface area contributed by atoms with Crippen LogP contribution >= 0.6 is 7.60 Å².